The molecule has 1 atom stereocenters. The molecular weight excluding hydrogens is 274 g/mol. The number of carbonyl (C=O) groups excluding carboxylic acids is 1. The van der Waals surface area contributed by atoms with Gasteiger partial charge < -0.3 is 15.1 Å². The predicted octanol–water partition coefficient (Wildman–Crippen LogP) is 2.11. The maximum Gasteiger partial charge on any atom is 0.263 e. The van der Waals surface area contributed by atoms with Gasteiger partial charge in [0.15, 0.2) is 10.8 Å². The molecule has 3 heterocycles. The van der Waals surface area contributed by atoms with Crippen LogP contribution in [0.25, 0.3) is 10.8 Å². The van der Waals surface area contributed by atoms with Crippen LogP contribution in [0, 0.1) is 13.8 Å². The monoisotopic (exact) mass is 291 g/mol. The highest BCUT2D eigenvalue weighted by atomic mass is 32.1. The Balaban J connectivity index is 1.79. The number of carbonyl (C=O) groups is 1. The molecule has 0 saturated carbocycles. The molecule has 2 aromatic heterocycles. The van der Waals surface area contributed by atoms with Crippen LogP contribution in [0.3, 0.4) is 0 Å². The van der Waals surface area contributed by atoms with Gasteiger partial charge in [-0.25, -0.2) is 4.98 Å². The Morgan fingerprint density at radius 2 is 2.35 bits per heavy atom. The lowest BCUT2D eigenvalue weighted by Gasteiger charge is -2.09. The fraction of sp³-hybridized carbons (Fsp3) is 0.429. The molecule has 3 rings (SSSR count). The van der Waals surface area contributed by atoms with Crippen molar-refractivity contribution in [3.8, 4) is 10.8 Å². The molecule has 6 heteroatoms. The third kappa shape index (κ3) is 2.62. The molecule has 0 aromatic carbocycles. The van der Waals surface area contributed by atoms with Crippen LogP contribution in [0.2, 0.25) is 0 Å². The van der Waals surface area contributed by atoms with Gasteiger partial charge in [0.05, 0.1) is 5.69 Å². The van der Waals surface area contributed by atoms with Gasteiger partial charge in [0, 0.05) is 12.6 Å². The van der Waals surface area contributed by atoms with E-state index in [1.807, 2.05) is 26.0 Å². The van der Waals surface area contributed by atoms with Crippen molar-refractivity contribution in [2.24, 2.45) is 0 Å². The average molecular weight is 291 g/mol. The van der Waals surface area contributed by atoms with E-state index in [1.54, 1.807) is 0 Å². The topological polar surface area (TPSA) is 67.2 Å². The fourth-order valence-corrected chi connectivity index (χ4v) is 3.22. The molecule has 2 aromatic rings. The summed E-state index contributed by atoms with van der Waals surface area (Å²) in [5, 5.41) is 7.03. The third-order valence-corrected chi connectivity index (χ3v) is 4.52. The van der Waals surface area contributed by atoms with E-state index in [9.17, 15) is 4.79 Å². The van der Waals surface area contributed by atoms with Crippen LogP contribution in [0.4, 0.5) is 0 Å². The maximum absolute atomic E-state index is 12.3. The quantitative estimate of drug-likeness (QED) is 0.909. The minimum Gasteiger partial charge on any atom is -0.459 e. The number of nitrogens with one attached hydrogen (secondary N) is 2. The first kappa shape index (κ1) is 13.3. The van der Waals surface area contributed by atoms with Crippen molar-refractivity contribution in [2.75, 3.05) is 13.1 Å². The lowest BCUT2D eigenvalue weighted by molar-refractivity contribution is 0.0943. The van der Waals surface area contributed by atoms with E-state index in [4.69, 9.17) is 4.42 Å². The Hall–Kier alpha value is -1.66. The third-order valence-electron chi connectivity index (χ3n) is 3.35. The van der Waals surface area contributed by atoms with Gasteiger partial charge in [0.25, 0.3) is 5.91 Å². The first-order valence-corrected chi connectivity index (χ1v) is 7.51. The molecule has 0 bridgehead atoms. The zero-order chi connectivity index (χ0) is 14.1. The van der Waals surface area contributed by atoms with Crippen molar-refractivity contribution in [1.82, 2.24) is 15.6 Å². The minimum absolute atomic E-state index is 0.0387. The van der Waals surface area contributed by atoms with Crippen molar-refractivity contribution in [1.29, 1.82) is 0 Å². The lowest BCUT2D eigenvalue weighted by atomic mass is 10.2. The molecule has 1 aliphatic heterocycles. The van der Waals surface area contributed by atoms with Gasteiger partial charge in [-0.3, -0.25) is 4.79 Å². The van der Waals surface area contributed by atoms with Gasteiger partial charge in [0.1, 0.15) is 10.6 Å². The van der Waals surface area contributed by atoms with E-state index < -0.39 is 0 Å². The molecule has 0 spiro atoms. The van der Waals surface area contributed by atoms with E-state index in [1.165, 1.54) is 11.3 Å². The van der Waals surface area contributed by atoms with Crippen molar-refractivity contribution in [3.63, 3.8) is 0 Å². The Morgan fingerprint density at radius 1 is 1.50 bits per heavy atom. The summed E-state index contributed by atoms with van der Waals surface area (Å²) in [5.41, 5.74) is 0.752. The molecule has 5 nitrogen and oxygen atoms in total. The van der Waals surface area contributed by atoms with Crippen LogP contribution in [0.15, 0.2) is 16.5 Å². The molecular formula is C14H17N3O2S. The van der Waals surface area contributed by atoms with E-state index in [2.05, 4.69) is 15.6 Å². The molecule has 1 aliphatic rings. The molecule has 20 heavy (non-hydrogen) atoms. The lowest BCUT2D eigenvalue weighted by Crippen LogP contribution is -2.36. The van der Waals surface area contributed by atoms with Crippen LogP contribution < -0.4 is 10.6 Å². The summed E-state index contributed by atoms with van der Waals surface area (Å²) in [6.45, 7) is 5.56. The SMILES string of the molecule is Cc1ccc(-c2nc(C)c(C(=O)NC3CCNC3)s2)o1. The normalized spacial score (nSPS) is 18.4. The van der Waals surface area contributed by atoms with E-state index in [-0.39, 0.29) is 11.9 Å². The van der Waals surface area contributed by atoms with Gasteiger partial charge in [-0.15, -0.1) is 11.3 Å². The number of thiazole rings is 1. The molecule has 0 radical (unpaired) electrons. The first-order valence-electron chi connectivity index (χ1n) is 6.69. The highest BCUT2D eigenvalue weighted by Gasteiger charge is 2.22. The fourth-order valence-electron chi connectivity index (χ4n) is 2.29. The molecule has 1 fully saturated rings. The van der Waals surface area contributed by atoms with Crippen molar-refractivity contribution < 1.29 is 9.21 Å². The highest BCUT2D eigenvalue weighted by Crippen LogP contribution is 2.29. The molecule has 1 amide bonds. The largest absolute Gasteiger partial charge is 0.459 e. The van der Waals surface area contributed by atoms with Crippen molar-refractivity contribution in [2.45, 2.75) is 26.3 Å². The van der Waals surface area contributed by atoms with Crippen LogP contribution in [0.1, 0.15) is 27.5 Å². The summed E-state index contributed by atoms with van der Waals surface area (Å²) in [6, 6.07) is 4.00. The zero-order valence-electron chi connectivity index (χ0n) is 11.5. The molecule has 1 saturated heterocycles. The Labute approximate surface area is 121 Å². The Bertz CT molecular complexity index is 626. The second kappa shape index (κ2) is 5.38. The zero-order valence-corrected chi connectivity index (χ0v) is 12.3. The standard InChI is InChI=1S/C14H17N3O2S/c1-8-3-4-11(19-8)14-16-9(2)12(20-14)13(18)17-10-5-6-15-7-10/h3-4,10,15H,5-7H2,1-2H3,(H,17,18). The van der Waals surface area contributed by atoms with E-state index in [0.717, 1.165) is 41.7 Å². The number of hydrogen-bond donors (Lipinski definition) is 2. The highest BCUT2D eigenvalue weighted by molar-refractivity contribution is 7.17. The summed E-state index contributed by atoms with van der Waals surface area (Å²) in [4.78, 5) is 17.4. The minimum atomic E-state index is -0.0387. The van der Waals surface area contributed by atoms with Gasteiger partial charge in [-0.2, -0.15) is 0 Å². The van der Waals surface area contributed by atoms with E-state index in [0.29, 0.717) is 4.88 Å². The van der Waals surface area contributed by atoms with Crippen molar-refractivity contribution in [3.05, 3.63) is 28.5 Å². The van der Waals surface area contributed by atoms with E-state index >= 15 is 0 Å². The summed E-state index contributed by atoms with van der Waals surface area (Å²) < 4.78 is 5.56. The number of nitrogens with zero attached hydrogens (tertiary/aromatic N) is 1. The summed E-state index contributed by atoms with van der Waals surface area (Å²) in [7, 11) is 0. The molecule has 0 aliphatic carbocycles. The number of amides is 1. The van der Waals surface area contributed by atoms with Crippen molar-refractivity contribution >= 4 is 17.2 Å². The predicted molar refractivity (Wildman–Crippen MR) is 78.0 cm³/mol. The van der Waals surface area contributed by atoms with Crippen LogP contribution in [0.5, 0.6) is 0 Å². The summed E-state index contributed by atoms with van der Waals surface area (Å²) in [6.07, 6.45) is 0.980. The van der Waals surface area contributed by atoms with Crippen LogP contribution >= 0.6 is 11.3 Å². The molecule has 1 unspecified atom stereocenters. The number of hydrogen-bond acceptors (Lipinski definition) is 5. The van der Waals surface area contributed by atoms with Gasteiger partial charge in [0.2, 0.25) is 0 Å². The summed E-state index contributed by atoms with van der Waals surface area (Å²) in [5.74, 6) is 1.52. The van der Waals surface area contributed by atoms with Gasteiger partial charge in [-0.1, -0.05) is 0 Å². The average Bonchev–Trinajstić information content (AvgIpc) is 3.10. The Morgan fingerprint density at radius 3 is 3.00 bits per heavy atom. The van der Waals surface area contributed by atoms with Gasteiger partial charge in [-0.05, 0) is 38.9 Å². The second-order valence-corrected chi connectivity index (χ2v) is 6.01. The van der Waals surface area contributed by atoms with Gasteiger partial charge >= 0.3 is 0 Å². The summed E-state index contributed by atoms with van der Waals surface area (Å²) >= 11 is 1.38. The van der Waals surface area contributed by atoms with Crippen LogP contribution in [-0.4, -0.2) is 30.0 Å². The molecule has 106 valence electrons. The smallest absolute Gasteiger partial charge is 0.263 e. The van der Waals surface area contributed by atoms with Crippen LogP contribution in [-0.2, 0) is 0 Å². The molecule has 2 N–H and O–H groups in total. The number of furan rings is 1. The number of aromatic nitrogens is 1. The Kier molecular flexibility index (Phi) is 3.58. The maximum atomic E-state index is 12.3. The number of aryl methyl sites for hydroxylation is 2. The number of rotatable bonds is 3. The first-order chi connectivity index (χ1) is 9.63. The second-order valence-electron chi connectivity index (χ2n) is 5.01.